The lowest BCUT2D eigenvalue weighted by Crippen LogP contribution is -2.39. The molecule has 2 atom stereocenters. The van der Waals surface area contributed by atoms with Crippen molar-refractivity contribution in [1.82, 2.24) is 5.32 Å². The Morgan fingerprint density at radius 1 is 1.59 bits per heavy atom. The van der Waals surface area contributed by atoms with Gasteiger partial charge in [0.1, 0.15) is 5.82 Å². The first kappa shape index (κ1) is 12.8. The second kappa shape index (κ2) is 5.80. The number of benzene rings is 1. The summed E-state index contributed by atoms with van der Waals surface area (Å²) in [6, 6.07) is 4.92. The normalized spacial score (nSPS) is 21.7. The summed E-state index contributed by atoms with van der Waals surface area (Å²) in [6.45, 7) is 0.799. The van der Waals surface area contributed by atoms with Crippen LogP contribution in [0.15, 0.2) is 18.2 Å². The number of hydrogen-bond donors (Lipinski definition) is 1. The van der Waals surface area contributed by atoms with E-state index in [1.165, 1.54) is 6.07 Å². The van der Waals surface area contributed by atoms with E-state index in [0.717, 1.165) is 19.4 Å². The molecule has 0 aliphatic carbocycles. The van der Waals surface area contributed by atoms with Crippen LogP contribution in [0, 0.1) is 5.82 Å². The Morgan fingerprint density at radius 3 is 3.00 bits per heavy atom. The lowest BCUT2D eigenvalue weighted by atomic mass is 9.99. The van der Waals surface area contributed by atoms with Gasteiger partial charge in [0, 0.05) is 23.2 Å². The summed E-state index contributed by atoms with van der Waals surface area (Å²) in [6.07, 6.45) is 2.83. The minimum atomic E-state index is -0.240. The second-order valence-electron chi connectivity index (χ2n) is 4.35. The van der Waals surface area contributed by atoms with Crippen LogP contribution in [0.25, 0.3) is 0 Å². The van der Waals surface area contributed by atoms with Crippen LogP contribution in [0.4, 0.5) is 4.39 Å². The number of halogens is 2. The van der Waals surface area contributed by atoms with Crippen LogP contribution in [-0.2, 0) is 11.2 Å². The Morgan fingerprint density at radius 2 is 2.41 bits per heavy atom. The number of ether oxygens (including phenoxy) is 1. The van der Waals surface area contributed by atoms with Crippen LogP contribution in [0.3, 0.4) is 0 Å². The Kier molecular flexibility index (Phi) is 4.37. The predicted molar refractivity (Wildman–Crippen MR) is 66.9 cm³/mol. The minimum Gasteiger partial charge on any atom is -0.377 e. The molecular weight excluding hydrogens is 241 g/mol. The van der Waals surface area contributed by atoms with Crippen molar-refractivity contribution in [2.45, 2.75) is 31.4 Å². The fourth-order valence-corrected chi connectivity index (χ4v) is 2.53. The van der Waals surface area contributed by atoms with Gasteiger partial charge in [0.05, 0.1) is 6.10 Å². The lowest BCUT2D eigenvalue weighted by Gasteiger charge is -2.23. The topological polar surface area (TPSA) is 21.3 Å². The molecule has 17 heavy (non-hydrogen) atoms. The van der Waals surface area contributed by atoms with Crippen molar-refractivity contribution in [3.05, 3.63) is 34.6 Å². The van der Waals surface area contributed by atoms with Crippen molar-refractivity contribution in [1.29, 1.82) is 0 Å². The SMILES string of the molecule is CNC(Cc1c(F)cccc1Cl)C1CCCO1. The molecular formula is C13H17ClFNO. The third kappa shape index (κ3) is 2.97. The number of hydrogen-bond acceptors (Lipinski definition) is 2. The molecule has 1 aliphatic rings. The molecule has 0 spiro atoms. The van der Waals surface area contributed by atoms with Gasteiger partial charge in [-0.25, -0.2) is 4.39 Å². The fraction of sp³-hybridized carbons (Fsp3) is 0.538. The van der Waals surface area contributed by atoms with Gasteiger partial charge in [-0.2, -0.15) is 0 Å². The molecule has 1 heterocycles. The molecule has 2 rings (SSSR count). The Hall–Kier alpha value is -0.640. The van der Waals surface area contributed by atoms with E-state index in [0.29, 0.717) is 17.0 Å². The monoisotopic (exact) mass is 257 g/mol. The van der Waals surface area contributed by atoms with E-state index in [9.17, 15) is 4.39 Å². The van der Waals surface area contributed by atoms with Gasteiger partial charge in [0.15, 0.2) is 0 Å². The molecule has 1 N–H and O–H groups in total. The van der Waals surface area contributed by atoms with Crippen molar-refractivity contribution in [2.75, 3.05) is 13.7 Å². The van der Waals surface area contributed by atoms with E-state index in [2.05, 4.69) is 5.32 Å². The molecule has 1 saturated heterocycles. The van der Waals surface area contributed by atoms with E-state index in [-0.39, 0.29) is 18.0 Å². The van der Waals surface area contributed by atoms with Crippen molar-refractivity contribution < 1.29 is 9.13 Å². The predicted octanol–water partition coefficient (Wildman–Crippen LogP) is 2.79. The zero-order valence-electron chi connectivity index (χ0n) is 9.88. The molecule has 2 unspecified atom stereocenters. The van der Waals surface area contributed by atoms with Crippen LogP contribution in [-0.4, -0.2) is 25.8 Å². The summed E-state index contributed by atoms with van der Waals surface area (Å²) in [5.41, 5.74) is 0.573. The number of likely N-dealkylation sites (N-methyl/N-ethyl adjacent to an activating group) is 1. The van der Waals surface area contributed by atoms with Crippen LogP contribution in [0.2, 0.25) is 5.02 Å². The molecule has 1 fully saturated rings. The second-order valence-corrected chi connectivity index (χ2v) is 4.76. The van der Waals surface area contributed by atoms with Gasteiger partial charge in [0.25, 0.3) is 0 Å². The summed E-state index contributed by atoms with van der Waals surface area (Å²) in [7, 11) is 1.88. The van der Waals surface area contributed by atoms with Crippen molar-refractivity contribution in [3.63, 3.8) is 0 Å². The summed E-state index contributed by atoms with van der Waals surface area (Å²) >= 11 is 6.03. The smallest absolute Gasteiger partial charge is 0.127 e. The molecule has 1 aliphatic heterocycles. The molecule has 0 radical (unpaired) electrons. The fourth-order valence-electron chi connectivity index (χ4n) is 2.29. The summed E-state index contributed by atoms with van der Waals surface area (Å²) in [4.78, 5) is 0. The first-order chi connectivity index (χ1) is 8.22. The Bertz CT molecular complexity index is 359. The molecule has 0 saturated carbocycles. The first-order valence-corrected chi connectivity index (χ1v) is 6.32. The third-order valence-corrected chi connectivity index (χ3v) is 3.62. The zero-order valence-corrected chi connectivity index (χ0v) is 10.6. The van der Waals surface area contributed by atoms with Gasteiger partial charge >= 0.3 is 0 Å². The summed E-state index contributed by atoms with van der Waals surface area (Å²) in [5.74, 6) is -0.240. The molecule has 2 nitrogen and oxygen atoms in total. The molecule has 1 aromatic rings. The third-order valence-electron chi connectivity index (χ3n) is 3.27. The highest BCUT2D eigenvalue weighted by molar-refractivity contribution is 6.31. The van der Waals surface area contributed by atoms with Crippen molar-refractivity contribution in [3.8, 4) is 0 Å². The van der Waals surface area contributed by atoms with Crippen LogP contribution in [0.5, 0.6) is 0 Å². The molecule has 4 heteroatoms. The van der Waals surface area contributed by atoms with E-state index in [1.54, 1.807) is 12.1 Å². The van der Waals surface area contributed by atoms with E-state index in [1.807, 2.05) is 7.05 Å². The molecule has 0 amide bonds. The highest BCUT2D eigenvalue weighted by Crippen LogP contribution is 2.24. The largest absolute Gasteiger partial charge is 0.377 e. The number of rotatable bonds is 4. The van der Waals surface area contributed by atoms with Crippen LogP contribution < -0.4 is 5.32 Å². The van der Waals surface area contributed by atoms with Crippen molar-refractivity contribution >= 4 is 11.6 Å². The quantitative estimate of drug-likeness (QED) is 0.896. The molecule has 1 aromatic carbocycles. The highest BCUT2D eigenvalue weighted by atomic mass is 35.5. The van der Waals surface area contributed by atoms with Gasteiger partial charge in [0.2, 0.25) is 0 Å². The Balaban J connectivity index is 2.12. The average Bonchev–Trinajstić information content (AvgIpc) is 2.82. The molecule has 94 valence electrons. The molecule has 0 aromatic heterocycles. The van der Waals surface area contributed by atoms with E-state index in [4.69, 9.17) is 16.3 Å². The first-order valence-electron chi connectivity index (χ1n) is 5.94. The van der Waals surface area contributed by atoms with Crippen molar-refractivity contribution in [2.24, 2.45) is 0 Å². The summed E-state index contributed by atoms with van der Waals surface area (Å²) < 4.78 is 19.3. The standard InChI is InChI=1S/C13H17ClFNO/c1-16-12(13-6-3-7-17-13)8-9-10(14)4-2-5-11(9)15/h2,4-5,12-13,16H,3,6-8H2,1H3. The maximum atomic E-state index is 13.7. The van der Waals surface area contributed by atoms with Gasteiger partial charge in [-0.1, -0.05) is 17.7 Å². The average molecular weight is 258 g/mol. The minimum absolute atomic E-state index is 0.117. The van der Waals surface area contributed by atoms with E-state index >= 15 is 0 Å². The van der Waals surface area contributed by atoms with Gasteiger partial charge in [-0.3, -0.25) is 0 Å². The van der Waals surface area contributed by atoms with E-state index < -0.39 is 0 Å². The van der Waals surface area contributed by atoms with Gasteiger partial charge < -0.3 is 10.1 Å². The maximum Gasteiger partial charge on any atom is 0.127 e. The lowest BCUT2D eigenvalue weighted by molar-refractivity contribution is 0.0806. The van der Waals surface area contributed by atoms with Gasteiger partial charge in [-0.15, -0.1) is 0 Å². The Labute approximate surface area is 106 Å². The maximum absolute atomic E-state index is 13.7. The van der Waals surface area contributed by atoms with Gasteiger partial charge in [-0.05, 0) is 38.4 Å². The zero-order chi connectivity index (χ0) is 12.3. The van der Waals surface area contributed by atoms with Crippen LogP contribution in [0.1, 0.15) is 18.4 Å². The molecule has 0 bridgehead atoms. The van der Waals surface area contributed by atoms with Crippen LogP contribution >= 0.6 is 11.6 Å². The number of nitrogens with one attached hydrogen (secondary N) is 1. The highest BCUT2D eigenvalue weighted by Gasteiger charge is 2.26. The summed E-state index contributed by atoms with van der Waals surface area (Å²) in [5, 5.41) is 3.69.